The van der Waals surface area contributed by atoms with Crippen molar-refractivity contribution in [2.24, 2.45) is 0 Å². The Morgan fingerprint density at radius 1 is 1.30 bits per heavy atom. The van der Waals surface area contributed by atoms with Gasteiger partial charge in [-0.1, -0.05) is 17.7 Å². The second-order valence-electron chi connectivity index (χ2n) is 5.64. The third kappa shape index (κ3) is 2.73. The minimum absolute atomic E-state index is 0.339. The first-order valence-electron chi connectivity index (χ1n) is 7.31. The minimum Gasteiger partial charge on any atom is -0.508 e. The first kappa shape index (κ1) is 13.3. The SMILES string of the molecule is COC1=CCC2=C(CC[NH2+][C@@H]2Cc2ccc(O)cc2)C1. The number of hydrogen-bond acceptors (Lipinski definition) is 2. The summed E-state index contributed by atoms with van der Waals surface area (Å²) in [6, 6.07) is 8.14. The molecular formula is C17H22NO2+. The highest BCUT2D eigenvalue weighted by molar-refractivity contribution is 5.33. The van der Waals surface area contributed by atoms with E-state index >= 15 is 0 Å². The lowest BCUT2D eigenvalue weighted by Crippen LogP contribution is -2.92. The number of methoxy groups -OCH3 is 1. The zero-order valence-corrected chi connectivity index (χ0v) is 11.9. The number of allylic oxidation sites excluding steroid dienone is 2. The molecule has 3 nitrogen and oxygen atoms in total. The number of rotatable bonds is 3. The van der Waals surface area contributed by atoms with Gasteiger partial charge in [-0.3, -0.25) is 0 Å². The first-order chi connectivity index (χ1) is 9.76. The molecule has 1 aromatic carbocycles. The zero-order chi connectivity index (χ0) is 13.9. The van der Waals surface area contributed by atoms with E-state index in [1.54, 1.807) is 30.4 Å². The Morgan fingerprint density at radius 3 is 2.85 bits per heavy atom. The molecule has 1 heterocycles. The van der Waals surface area contributed by atoms with Crippen molar-refractivity contribution in [2.75, 3.05) is 13.7 Å². The van der Waals surface area contributed by atoms with Gasteiger partial charge in [0.1, 0.15) is 11.8 Å². The number of nitrogens with two attached hydrogens (primary N) is 1. The van der Waals surface area contributed by atoms with Gasteiger partial charge in [-0.2, -0.15) is 0 Å². The molecule has 0 bridgehead atoms. The third-order valence-electron chi connectivity index (χ3n) is 4.39. The van der Waals surface area contributed by atoms with Crippen molar-refractivity contribution in [3.8, 4) is 5.75 Å². The Bertz CT molecular complexity index is 543. The van der Waals surface area contributed by atoms with E-state index in [1.165, 1.54) is 18.5 Å². The molecule has 3 heteroatoms. The standard InChI is InChI=1S/C17H21NO2/c1-20-15-6-7-16-13(11-15)8-9-18-17(16)10-12-2-4-14(19)5-3-12/h2-6,17-19H,7-11H2,1H3/p+1/t17-/m1/s1. The van der Waals surface area contributed by atoms with Gasteiger partial charge in [-0.25, -0.2) is 0 Å². The van der Waals surface area contributed by atoms with Crippen molar-refractivity contribution in [3.63, 3.8) is 0 Å². The van der Waals surface area contributed by atoms with Gasteiger partial charge in [0.05, 0.1) is 19.4 Å². The maximum Gasteiger partial charge on any atom is 0.115 e. The van der Waals surface area contributed by atoms with Gasteiger partial charge in [0.25, 0.3) is 0 Å². The Hall–Kier alpha value is -1.74. The predicted molar refractivity (Wildman–Crippen MR) is 78.4 cm³/mol. The molecule has 0 spiro atoms. The van der Waals surface area contributed by atoms with Crippen LogP contribution in [0, 0.1) is 0 Å². The molecule has 1 aliphatic heterocycles. The Morgan fingerprint density at radius 2 is 2.10 bits per heavy atom. The van der Waals surface area contributed by atoms with Gasteiger partial charge in [0.2, 0.25) is 0 Å². The summed E-state index contributed by atoms with van der Waals surface area (Å²) in [5, 5.41) is 11.8. The lowest BCUT2D eigenvalue weighted by molar-refractivity contribution is -0.683. The Labute approximate surface area is 120 Å². The van der Waals surface area contributed by atoms with Crippen LogP contribution >= 0.6 is 0 Å². The van der Waals surface area contributed by atoms with Gasteiger partial charge in [-0.05, 0) is 35.8 Å². The average molecular weight is 272 g/mol. The number of phenolic OH excluding ortho intramolecular Hbond substituents is 1. The highest BCUT2D eigenvalue weighted by Crippen LogP contribution is 2.30. The molecule has 20 heavy (non-hydrogen) atoms. The van der Waals surface area contributed by atoms with Crippen LogP contribution in [0.15, 0.2) is 47.2 Å². The second kappa shape index (κ2) is 5.71. The van der Waals surface area contributed by atoms with Crippen LogP contribution in [0.5, 0.6) is 5.75 Å². The lowest BCUT2D eigenvalue weighted by Gasteiger charge is -2.29. The molecule has 0 unspecified atom stereocenters. The Kier molecular flexibility index (Phi) is 3.79. The summed E-state index contributed by atoms with van der Waals surface area (Å²) in [5.41, 5.74) is 4.46. The zero-order valence-electron chi connectivity index (χ0n) is 11.9. The van der Waals surface area contributed by atoms with Crippen LogP contribution in [-0.2, 0) is 11.2 Å². The molecule has 1 aromatic rings. The highest BCUT2D eigenvalue weighted by Gasteiger charge is 2.28. The molecule has 106 valence electrons. The second-order valence-corrected chi connectivity index (χ2v) is 5.64. The van der Waals surface area contributed by atoms with Crippen molar-refractivity contribution in [1.29, 1.82) is 0 Å². The summed E-state index contributed by atoms with van der Waals surface area (Å²) in [6.45, 7) is 1.17. The van der Waals surface area contributed by atoms with Crippen LogP contribution in [0.3, 0.4) is 0 Å². The van der Waals surface area contributed by atoms with Crippen molar-refractivity contribution in [3.05, 3.63) is 52.8 Å². The number of phenols is 1. The molecule has 0 amide bonds. The van der Waals surface area contributed by atoms with Crippen LogP contribution in [0.2, 0.25) is 0 Å². The summed E-state index contributed by atoms with van der Waals surface area (Å²) in [5.74, 6) is 1.46. The van der Waals surface area contributed by atoms with Gasteiger partial charge >= 0.3 is 0 Å². The van der Waals surface area contributed by atoms with Gasteiger partial charge in [0.15, 0.2) is 0 Å². The molecule has 1 atom stereocenters. The quantitative estimate of drug-likeness (QED) is 0.825. The van der Waals surface area contributed by atoms with Crippen LogP contribution in [-0.4, -0.2) is 24.8 Å². The smallest absolute Gasteiger partial charge is 0.115 e. The predicted octanol–water partition coefficient (Wildman–Crippen LogP) is 1.89. The molecule has 0 saturated carbocycles. The largest absolute Gasteiger partial charge is 0.508 e. The number of hydrogen-bond donors (Lipinski definition) is 2. The molecule has 0 radical (unpaired) electrons. The van der Waals surface area contributed by atoms with Gasteiger partial charge in [0, 0.05) is 19.3 Å². The third-order valence-corrected chi connectivity index (χ3v) is 4.39. The summed E-state index contributed by atoms with van der Waals surface area (Å²) >= 11 is 0. The molecule has 0 aromatic heterocycles. The van der Waals surface area contributed by atoms with E-state index in [1.807, 2.05) is 12.1 Å². The van der Waals surface area contributed by atoms with Crippen LogP contribution in [0.4, 0.5) is 0 Å². The van der Waals surface area contributed by atoms with Crippen LogP contribution in [0.25, 0.3) is 0 Å². The van der Waals surface area contributed by atoms with Crippen molar-refractivity contribution in [1.82, 2.24) is 0 Å². The fraction of sp³-hybridized carbons (Fsp3) is 0.412. The normalized spacial score (nSPS) is 22.2. The Balaban J connectivity index is 1.75. The summed E-state index contributed by atoms with van der Waals surface area (Å²) in [4.78, 5) is 0. The summed E-state index contributed by atoms with van der Waals surface area (Å²) in [7, 11) is 1.76. The van der Waals surface area contributed by atoms with Gasteiger partial charge in [-0.15, -0.1) is 0 Å². The monoisotopic (exact) mass is 272 g/mol. The molecule has 2 aliphatic rings. The molecular weight excluding hydrogens is 250 g/mol. The number of quaternary nitrogens is 1. The van der Waals surface area contributed by atoms with Crippen molar-refractivity contribution >= 4 is 0 Å². The molecule has 1 aliphatic carbocycles. The fourth-order valence-electron chi connectivity index (χ4n) is 3.28. The van der Waals surface area contributed by atoms with Crippen molar-refractivity contribution < 1.29 is 15.2 Å². The number of benzene rings is 1. The minimum atomic E-state index is 0.339. The molecule has 3 rings (SSSR count). The van der Waals surface area contributed by atoms with Crippen LogP contribution < -0.4 is 5.32 Å². The lowest BCUT2D eigenvalue weighted by atomic mass is 9.84. The topological polar surface area (TPSA) is 46.1 Å². The molecule has 3 N–H and O–H groups in total. The highest BCUT2D eigenvalue weighted by atomic mass is 16.5. The average Bonchev–Trinajstić information content (AvgIpc) is 2.49. The molecule has 0 fully saturated rings. The summed E-state index contributed by atoms with van der Waals surface area (Å²) < 4.78 is 5.40. The van der Waals surface area contributed by atoms with E-state index in [0.717, 1.165) is 25.0 Å². The van der Waals surface area contributed by atoms with Crippen molar-refractivity contribution in [2.45, 2.75) is 31.7 Å². The van der Waals surface area contributed by atoms with Gasteiger partial charge < -0.3 is 15.2 Å². The van der Waals surface area contributed by atoms with E-state index in [9.17, 15) is 5.11 Å². The number of ether oxygens (including phenoxy) is 1. The maximum atomic E-state index is 9.37. The fourth-order valence-corrected chi connectivity index (χ4v) is 3.28. The van der Waals surface area contributed by atoms with Crippen LogP contribution in [0.1, 0.15) is 24.8 Å². The maximum absolute atomic E-state index is 9.37. The van der Waals surface area contributed by atoms with E-state index in [-0.39, 0.29) is 0 Å². The first-order valence-corrected chi connectivity index (χ1v) is 7.31. The summed E-state index contributed by atoms with van der Waals surface area (Å²) in [6.07, 6.45) is 6.46. The van der Waals surface area contributed by atoms with E-state index in [0.29, 0.717) is 11.8 Å². The van der Waals surface area contributed by atoms with E-state index in [4.69, 9.17) is 4.74 Å². The van der Waals surface area contributed by atoms with E-state index in [2.05, 4.69) is 11.4 Å². The number of aromatic hydroxyl groups is 1. The molecule has 0 saturated heterocycles. The van der Waals surface area contributed by atoms with E-state index < -0.39 is 0 Å².